The summed E-state index contributed by atoms with van der Waals surface area (Å²) >= 11 is 0. The lowest BCUT2D eigenvalue weighted by atomic mass is 9.86. The first-order chi connectivity index (χ1) is 5.14. The Morgan fingerprint density at radius 1 is 1.18 bits per heavy atom. The summed E-state index contributed by atoms with van der Waals surface area (Å²) in [5, 5.41) is 36.2. The number of aliphatic hydroxyl groups is 4. The van der Waals surface area contributed by atoms with Crippen LogP contribution < -0.4 is 0 Å². The molecular formula is C7H14O4. The molecule has 0 bridgehead atoms. The van der Waals surface area contributed by atoms with Gasteiger partial charge in [-0.15, -0.1) is 0 Å². The smallest absolute Gasteiger partial charge is 0.0666 e. The fourth-order valence-electron chi connectivity index (χ4n) is 1.59. The van der Waals surface area contributed by atoms with Crippen LogP contribution in [0.3, 0.4) is 0 Å². The third-order valence-corrected chi connectivity index (χ3v) is 2.47. The second-order valence-corrected chi connectivity index (χ2v) is 3.29. The lowest BCUT2D eigenvalue weighted by Gasteiger charge is -2.27. The van der Waals surface area contributed by atoms with Crippen LogP contribution in [0.1, 0.15) is 12.8 Å². The third-order valence-electron chi connectivity index (χ3n) is 2.47. The summed E-state index contributed by atoms with van der Waals surface area (Å²) in [6.07, 6.45) is -0.848. The van der Waals surface area contributed by atoms with Crippen molar-refractivity contribution in [2.24, 2.45) is 5.41 Å². The molecule has 1 saturated carbocycles. The molecule has 0 aliphatic heterocycles. The molecule has 4 heteroatoms. The normalized spacial score (nSPS) is 36.0. The Balaban J connectivity index is 2.67. The van der Waals surface area contributed by atoms with Gasteiger partial charge < -0.3 is 20.4 Å². The molecule has 1 aliphatic carbocycles. The summed E-state index contributed by atoms with van der Waals surface area (Å²) in [5.74, 6) is 0. The molecule has 2 atom stereocenters. The van der Waals surface area contributed by atoms with E-state index in [1.54, 1.807) is 0 Å². The second kappa shape index (κ2) is 3.06. The molecule has 66 valence electrons. The number of hydrogen-bond donors (Lipinski definition) is 4. The van der Waals surface area contributed by atoms with Crippen LogP contribution in [0.4, 0.5) is 0 Å². The topological polar surface area (TPSA) is 80.9 Å². The SMILES string of the molecule is OCC1(CO)C[C@@H](O)C[C@H]1O. The molecule has 0 heterocycles. The maximum absolute atomic E-state index is 9.33. The minimum absolute atomic E-state index is 0.251. The van der Waals surface area contributed by atoms with Crippen LogP contribution in [0.5, 0.6) is 0 Å². The predicted octanol–water partition coefficient (Wildman–Crippen LogP) is -1.53. The number of aliphatic hydroxyl groups excluding tert-OH is 4. The van der Waals surface area contributed by atoms with Crippen LogP contribution in [0.2, 0.25) is 0 Å². The van der Waals surface area contributed by atoms with Crippen molar-refractivity contribution >= 4 is 0 Å². The molecule has 1 rings (SSSR count). The summed E-state index contributed by atoms with van der Waals surface area (Å²) in [6.45, 7) is -0.552. The molecule has 4 N–H and O–H groups in total. The zero-order valence-corrected chi connectivity index (χ0v) is 6.27. The van der Waals surface area contributed by atoms with Crippen molar-refractivity contribution in [2.45, 2.75) is 25.0 Å². The van der Waals surface area contributed by atoms with Crippen LogP contribution in [-0.4, -0.2) is 45.8 Å². The molecule has 0 radical (unpaired) electrons. The largest absolute Gasteiger partial charge is 0.396 e. The first-order valence-electron chi connectivity index (χ1n) is 3.72. The highest BCUT2D eigenvalue weighted by molar-refractivity contribution is 4.95. The van der Waals surface area contributed by atoms with Crippen molar-refractivity contribution in [1.29, 1.82) is 0 Å². The van der Waals surface area contributed by atoms with Crippen molar-refractivity contribution in [1.82, 2.24) is 0 Å². The van der Waals surface area contributed by atoms with Crippen molar-refractivity contribution in [3.8, 4) is 0 Å². The van der Waals surface area contributed by atoms with Crippen molar-refractivity contribution < 1.29 is 20.4 Å². The van der Waals surface area contributed by atoms with Gasteiger partial charge in [0.15, 0.2) is 0 Å². The van der Waals surface area contributed by atoms with Crippen LogP contribution in [-0.2, 0) is 0 Å². The minimum Gasteiger partial charge on any atom is -0.396 e. The lowest BCUT2D eigenvalue weighted by molar-refractivity contribution is -0.0322. The first kappa shape index (κ1) is 8.93. The Hall–Kier alpha value is -0.160. The molecule has 0 amide bonds. The second-order valence-electron chi connectivity index (χ2n) is 3.29. The molecule has 1 aliphatic rings. The fourth-order valence-corrected chi connectivity index (χ4v) is 1.59. The molecule has 0 spiro atoms. The number of rotatable bonds is 2. The van der Waals surface area contributed by atoms with Crippen LogP contribution in [0.15, 0.2) is 0 Å². The van der Waals surface area contributed by atoms with Crippen LogP contribution in [0, 0.1) is 5.41 Å². The van der Waals surface area contributed by atoms with Gasteiger partial charge in [-0.3, -0.25) is 0 Å². The van der Waals surface area contributed by atoms with Gasteiger partial charge in [0.05, 0.1) is 25.4 Å². The predicted molar refractivity (Wildman–Crippen MR) is 37.9 cm³/mol. The van der Waals surface area contributed by atoms with E-state index in [0.29, 0.717) is 0 Å². The Morgan fingerprint density at radius 2 is 1.73 bits per heavy atom. The van der Waals surface area contributed by atoms with Gasteiger partial charge in [0, 0.05) is 5.41 Å². The molecule has 4 nitrogen and oxygen atoms in total. The van der Waals surface area contributed by atoms with Crippen molar-refractivity contribution in [3.63, 3.8) is 0 Å². The fraction of sp³-hybridized carbons (Fsp3) is 1.00. The maximum atomic E-state index is 9.33. The van der Waals surface area contributed by atoms with Gasteiger partial charge in [0.2, 0.25) is 0 Å². The Labute approximate surface area is 65.1 Å². The van der Waals surface area contributed by atoms with E-state index in [9.17, 15) is 5.11 Å². The molecule has 0 saturated heterocycles. The molecular weight excluding hydrogens is 148 g/mol. The molecule has 0 aromatic carbocycles. The van der Waals surface area contributed by atoms with Crippen molar-refractivity contribution in [2.75, 3.05) is 13.2 Å². The quantitative estimate of drug-likeness (QED) is 0.397. The van der Waals surface area contributed by atoms with Gasteiger partial charge in [-0.2, -0.15) is 0 Å². The Kier molecular flexibility index (Phi) is 2.49. The van der Waals surface area contributed by atoms with E-state index in [2.05, 4.69) is 0 Å². The van der Waals surface area contributed by atoms with E-state index >= 15 is 0 Å². The van der Waals surface area contributed by atoms with Gasteiger partial charge in [-0.05, 0) is 12.8 Å². The summed E-state index contributed by atoms with van der Waals surface area (Å²) in [5.41, 5.74) is -0.876. The Bertz CT molecular complexity index is 132. The van der Waals surface area contributed by atoms with Crippen LogP contribution in [0.25, 0.3) is 0 Å². The molecule has 1 fully saturated rings. The summed E-state index contributed by atoms with van der Waals surface area (Å²) < 4.78 is 0. The van der Waals surface area contributed by atoms with E-state index in [-0.39, 0.29) is 26.1 Å². The van der Waals surface area contributed by atoms with Gasteiger partial charge in [0.25, 0.3) is 0 Å². The summed E-state index contributed by atoms with van der Waals surface area (Å²) in [7, 11) is 0. The first-order valence-corrected chi connectivity index (χ1v) is 3.72. The van der Waals surface area contributed by atoms with E-state index in [1.807, 2.05) is 0 Å². The van der Waals surface area contributed by atoms with Crippen molar-refractivity contribution in [3.05, 3.63) is 0 Å². The molecule has 0 unspecified atom stereocenters. The van der Waals surface area contributed by atoms with E-state index in [4.69, 9.17) is 15.3 Å². The molecule has 0 aromatic heterocycles. The summed E-state index contributed by atoms with van der Waals surface area (Å²) in [4.78, 5) is 0. The van der Waals surface area contributed by atoms with E-state index < -0.39 is 17.6 Å². The van der Waals surface area contributed by atoms with Gasteiger partial charge in [-0.1, -0.05) is 0 Å². The van der Waals surface area contributed by atoms with Crippen LogP contribution >= 0.6 is 0 Å². The highest BCUT2D eigenvalue weighted by atomic mass is 16.3. The van der Waals surface area contributed by atoms with Gasteiger partial charge in [-0.25, -0.2) is 0 Å². The lowest BCUT2D eigenvalue weighted by Crippen LogP contribution is -2.37. The summed E-state index contributed by atoms with van der Waals surface area (Å²) in [6, 6.07) is 0. The zero-order chi connectivity index (χ0) is 8.48. The zero-order valence-electron chi connectivity index (χ0n) is 6.27. The Morgan fingerprint density at radius 3 is 1.91 bits per heavy atom. The average molecular weight is 162 g/mol. The number of hydrogen-bond acceptors (Lipinski definition) is 4. The van der Waals surface area contributed by atoms with E-state index in [0.717, 1.165) is 0 Å². The average Bonchev–Trinajstić information content (AvgIpc) is 2.27. The maximum Gasteiger partial charge on any atom is 0.0666 e. The third kappa shape index (κ3) is 1.39. The minimum atomic E-state index is -0.876. The van der Waals surface area contributed by atoms with Gasteiger partial charge >= 0.3 is 0 Å². The standard InChI is InChI=1S/C7H14O4/c8-3-7(4-9)2-5(10)1-6(7)11/h5-6,8-11H,1-4H2/t5-,6+/m0/s1. The van der Waals surface area contributed by atoms with Gasteiger partial charge in [0.1, 0.15) is 0 Å². The monoisotopic (exact) mass is 162 g/mol. The highest BCUT2D eigenvalue weighted by Gasteiger charge is 2.45. The molecule has 0 aromatic rings. The highest BCUT2D eigenvalue weighted by Crippen LogP contribution is 2.37. The molecule has 11 heavy (non-hydrogen) atoms. The van der Waals surface area contributed by atoms with E-state index in [1.165, 1.54) is 0 Å².